The standard InChI is InChI=1S/C19H17NO/c1-15-6-5-9-19(21)20(15)14-16-10-12-18(13-11-16)17-7-3-2-4-8-17/h2-13H,14H2,1H3. The summed E-state index contributed by atoms with van der Waals surface area (Å²) < 4.78 is 1.79. The molecule has 0 aliphatic rings. The SMILES string of the molecule is Cc1cccc(=O)n1Cc1ccc(-c2ccccc2)cc1. The van der Waals surface area contributed by atoms with Crippen LogP contribution < -0.4 is 5.56 Å². The van der Waals surface area contributed by atoms with Gasteiger partial charge in [0.15, 0.2) is 0 Å². The van der Waals surface area contributed by atoms with Crippen molar-refractivity contribution in [2.45, 2.75) is 13.5 Å². The van der Waals surface area contributed by atoms with Gasteiger partial charge in [0.05, 0.1) is 6.54 Å². The maximum Gasteiger partial charge on any atom is 0.251 e. The second-order valence-corrected chi connectivity index (χ2v) is 5.15. The van der Waals surface area contributed by atoms with Crippen molar-refractivity contribution in [1.29, 1.82) is 0 Å². The van der Waals surface area contributed by atoms with Crippen molar-refractivity contribution in [1.82, 2.24) is 4.57 Å². The van der Waals surface area contributed by atoms with Crippen LogP contribution in [0, 0.1) is 6.92 Å². The molecule has 0 amide bonds. The molecule has 2 heteroatoms. The first-order valence-electron chi connectivity index (χ1n) is 7.05. The molecular formula is C19H17NO. The van der Waals surface area contributed by atoms with E-state index in [0.29, 0.717) is 6.54 Å². The Morgan fingerprint density at radius 3 is 2.10 bits per heavy atom. The van der Waals surface area contributed by atoms with Crippen molar-refractivity contribution in [3.8, 4) is 11.1 Å². The van der Waals surface area contributed by atoms with Crippen molar-refractivity contribution in [3.63, 3.8) is 0 Å². The number of nitrogens with zero attached hydrogens (tertiary/aromatic N) is 1. The van der Waals surface area contributed by atoms with Gasteiger partial charge < -0.3 is 4.57 Å². The van der Waals surface area contributed by atoms with E-state index in [1.165, 1.54) is 11.1 Å². The maximum atomic E-state index is 11.9. The van der Waals surface area contributed by atoms with Crippen molar-refractivity contribution >= 4 is 0 Å². The monoisotopic (exact) mass is 275 g/mol. The number of hydrogen-bond acceptors (Lipinski definition) is 1. The molecular weight excluding hydrogens is 258 g/mol. The van der Waals surface area contributed by atoms with Gasteiger partial charge in [0.1, 0.15) is 0 Å². The molecule has 2 aromatic carbocycles. The molecule has 2 nitrogen and oxygen atoms in total. The third kappa shape index (κ3) is 2.95. The first-order valence-corrected chi connectivity index (χ1v) is 7.05. The number of rotatable bonds is 3. The molecule has 0 unspecified atom stereocenters. The Kier molecular flexibility index (Phi) is 3.69. The molecule has 0 spiro atoms. The van der Waals surface area contributed by atoms with Crippen LogP contribution in [0.3, 0.4) is 0 Å². The topological polar surface area (TPSA) is 22.0 Å². The molecule has 0 N–H and O–H groups in total. The summed E-state index contributed by atoms with van der Waals surface area (Å²) >= 11 is 0. The molecule has 0 atom stereocenters. The average molecular weight is 275 g/mol. The summed E-state index contributed by atoms with van der Waals surface area (Å²) in [6.45, 7) is 2.57. The minimum atomic E-state index is 0.0436. The highest BCUT2D eigenvalue weighted by atomic mass is 16.1. The third-order valence-electron chi connectivity index (χ3n) is 3.67. The number of hydrogen-bond donors (Lipinski definition) is 0. The zero-order valence-corrected chi connectivity index (χ0v) is 12.0. The smallest absolute Gasteiger partial charge is 0.251 e. The molecule has 104 valence electrons. The van der Waals surface area contributed by atoms with Gasteiger partial charge in [0.2, 0.25) is 0 Å². The Hall–Kier alpha value is -2.61. The molecule has 3 aromatic rings. The zero-order chi connectivity index (χ0) is 14.7. The van der Waals surface area contributed by atoms with E-state index in [-0.39, 0.29) is 5.56 Å². The molecule has 1 heterocycles. The average Bonchev–Trinajstić information content (AvgIpc) is 2.53. The predicted molar refractivity (Wildman–Crippen MR) is 86.4 cm³/mol. The van der Waals surface area contributed by atoms with Gasteiger partial charge in [-0.3, -0.25) is 4.79 Å². The maximum absolute atomic E-state index is 11.9. The fraction of sp³-hybridized carbons (Fsp3) is 0.105. The summed E-state index contributed by atoms with van der Waals surface area (Å²) in [5, 5.41) is 0. The number of benzene rings is 2. The highest BCUT2D eigenvalue weighted by Crippen LogP contribution is 2.19. The first-order chi connectivity index (χ1) is 10.2. The van der Waals surface area contributed by atoms with E-state index in [2.05, 4.69) is 36.4 Å². The van der Waals surface area contributed by atoms with Gasteiger partial charge in [-0.05, 0) is 29.7 Å². The summed E-state index contributed by atoms with van der Waals surface area (Å²) in [5.41, 5.74) is 4.55. The summed E-state index contributed by atoms with van der Waals surface area (Å²) in [7, 11) is 0. The lowest BCUT2D eigenvalue weighted by atomic mass is 10.0. The van der Waals surface area contributed by atoms with Crippen LogP contribution in [0.1, 0.15) is 11.3 Å². The summed E-state index contributed by atoms with van der Waals surface area (Å²) in [6, 6.07) is 24.0. The molecule has 3 rings (SSSR count). The van der Waals surface area contributed by atoms with E-state index >= 15 is 0 Å². The van der Waals surface area contributed by atoms with Crippen LogP contribution in [0.4, 0.5) is 0 Å². The van der Waals surface area contributed by atoms with Gasteiger partial charge >= 0.3 is 0 Å². The molecule has 1 aromatic heterocycles. The molecule has 0 aliphatic carbocycles. The van der Waals surface area contributed by atoms with E-state index < -0.39 is 0 Å². The quantitative estimate of drug-likeness (QED) is 0.711. The van der Waals surface area contributed by atoms with E-state index in [1.54, 1.807) is 16.7 Å². The van der Waals surface area contributed by atoms with E-state index in [9.17, 15) is 4.79 Å². The van der Waals surface area contributed by atoms with E-state index in [4.69, 9.17) is 0 Å². The molecule has 0 saturated carbocycles. The minimum Gasteiger partial charge on any atom is -0.309 e. The molecule has 21 heavy (non-hydrogen) atoms. The van der Waals surface area contributed by atoms with Crippen molar-refractivity contribution in [2.24, 2.45) is 0 Å². The van der Waals surface area contributed by atoms with Crippen LogP contribution in [-0.4, -0.2) is 4.57 Å². The van der Waals surface area contributed by atoms with Crippen LogP contribution in [-0.2, 0) is 6.54 Å². The Labute approximate surface area is 124 Å². The third-order valence-corrected chi connectivity index (χ3v) is 3.67. The Balaban J connectivity index is 1.87. The Bertz CT molecular complexity index is 786. The van der Waals surface area contributed by atoms with E-state index in [0.717, 1.165) is 11.3 Å². The lowest BCUT2D eigenvalue weighted by Gasteiger charge is -2.10. The van der Waals surface area contributed by atoms with Crippen LogP contribution in [0.2, 0.25) is 0 Å². The highest BCUT2D eigenvalue weighted by molar-refractivity contribution is 5.63. The lowest BCUT2D eigenvalue weighted by Crippen LogP contribution is -2.21. The highest BCUT2D eigenvalue weighted by Gasteiger charge is 2.02. The largest absolute Gasteiger partial charge is 0.309 e. The van der Waals surface area contributed by atoms with Gasteiger partial charge in [-0.1, -0.05) is 60.7 Å². The van der Waals surface area contributed by atoms with Crippen LogP contribution in [0.5, 0.6) is 0 Å². The van der Waals surface area contributed by atoms with Crippen LogP contribution >= 0.6 is 0 Å². The molecule has 0 aliphatic heterocycles. The molecule has 0 radical (unpaired) electrons. The van der Waals surface area contributed by atoms with Crippen LogP contribution in [0.15, 0.2) is 77.6 Å². The molecule has 0 saturated heterocycles. The summed E-state index contributed by atoms with van der Waals surface area (Å²) in [4.78, 5) is 11.9. The van der Waals surface area contributed by atoms with Crippen molar-refractivity contribution in [2.75, 3.05) is 0 Å². The van der Waals surface area contributed by atoms with Crippen molar-refractivity contribution < 1.29 is 0 Å². The van der Waals surface area contributed by atoms with Crippen LogP contribution in [0.25, 0.3) is 11.1 Å². The normalized spacial score (nSPS) is 10.5. The fourth-order valence-electron chi connectivity index (χ4n) is 2.44. The zero-order valence-electron chi connectivity index (χ0n) is 12.0. The number of pyridine rings is 1. The number of aromatic nitrogens is 1. The van der Waals surface area contributed by atoms with Gasteiger partial charge in [-0.25, -0.2) is 0 Å². The Morgan fingerprint density at radius 2 is 1.43 bits per heavy atom. The lowest BCUT2D eigenvalue weighted by molar-refractivity contribution is 0.730. The molecule has 0 fully saturated rings. The second kappa shape index (κ2) is 5.80. The predicted octanol–water partition coefficient (Wildman–Crippen LogP) is 3.87. The summed E-state index contributed by atoms with van der Waals surface area (Å²) in [6.07, 6.45) is 0. The molecule has 0 bridgehead atoms. The minimum absolute atomic E-state index is 0.0436. The Morgan fingerprint density at radius 1 is 0.762 bits per heavy atom. The van der Waals surface area contributed by atoms with Crippen molar-refractivity contribution in [3.05, 3.63) is 94.4 Å². The van der Waals surface area contributed by atoms with Gasteiger partial charge in [0.25, 0.3) is 5.56 Å². The van der Waals surface area contributed by atoms with Gasteiger partial charge in [-0.2, -0.15) is 0 Å². The van der Waals surface area contributed by atoms with Gasteiger partial charge in [0, 0.05) is 11.8 Å². The summed E-state index contributed by atoms with van der Waals surface area (Å²) in [5.74, 6) is 0. The first kappa shape index (κ1) is 13.4. The van der Waals surface area contributed by atoms with Gasteiger partial charge in [-0.15, -0.1) is 0 Å². The number of aryl methyl sites for hydroxylation is 1. The van der Waals surface area contributed by atoms with E-state index in [1.807, 2.05) is 31.2 Å². The second-order valence-electron chi connectivity index (χ2n) is 5.15. The fourth-order valence-corrected chi connectivity index (χ4v) is 2.44.